The molecule has 6 heteroatoms. The fraction of sp³-hybridized carbons (Fsp3) is 0.500. The highest BCUT2D eigenvalue weighted by Crippen LogP contribution is 2.13. The summed E-state index contributed by atoms with van der Waals surface area (Å²) in [6.07, 6.45) is 1.43. The monoisotopic (exact) mass is 192 g/mol. The molecule has 1 N–H and O–H groups in total. The summed E-state index contributed by atoms with van der Waals surface area (Å²) >= 11 is 0. The van der Waals surface area contributed by atoms with E-state index in [0.29, 0.717) is 11.4 Å². The Morgan fingerprint density at radius 2 is 2.29 bits per heavy atom. The van der Waals surface area contributed by atoms with Gasteiger partial charge in [0.2, 0.25) is 0 Å². The summed E-state index contributed by atoms with van der Waals surface area (Å²) in [5.41, 5.74) is 0.404. The molecule has 0 fully saturated rings. The number of H-pyrrole nitrogens is 1. The number of aromatic amines is 1. The van der Waals surface area contributed by atoms with Gasteiger partial charge in [-0.25, -0.2) is 0 Å². The molecular formula is C8H12N6. The van der Waals surface area contributed by atoms with Crippen LogP contribution in [0.4, 0.5) is 5.82 Å². The van der Waals surface area contributed by atoms with E-state index < -0.39 is 0 Å². The second-order valence-electron chi connectivity index (χ2n) is 2.57. The maximum Gasteiger partial charge on any atom is 0.190 e. The highest BCUT2D eigenvalue weighted by atomic mass is 15.5. The van der Waals surface area contributed by atoms with Crippen molar-refractivity contribution in [3.63, 3.8) is 0 Å². The average molecular weight is 192 g/mol. The van der Waals surface area contributed by atoms with Crippen LogP contribution in [0.5, 0.6) is 0 Å². The third kappa shape index (κ3) is 2.29. The topological polar surface area (TPSA) is 80.4 Å². The molecule has 0 aliphatic carbocycles. The van der Waals surface area contributed by atoms with Crippen LogP contribution >= 0.6 is 0 Å². The van der Waals surface area contributed by atoms with Crippen molar-refractivity contribution >= 4 is 5.82 Å². The van der Waals surface area contributed by atoms with Crippen molar-refractivity contribution in [1.29, 1.82) is 5.26 Å². The van der Waals surface area contributed by atoms with Gasteiger partial charge in [-0.15, -0.1) is 5.11 Å². The first-order chi connectivity index (χ1) is 6.81. The number of aromatic nitrogens is 2. The molecule has 0 aliphatic heterocycles. The normalized spacial score (nSPS) is 10.4. The van der Waals surface area contributed by atoms with Gasteiger partial charge in [0.15, 0.2) is 5.82 Å². The van der Waals surface area contributed by atoms with Crippen molar-refractivity contribution in [2.75, 3.05) is 13.1 Å². The molecule has 1 rings (SSSR count). The van der Waals surface area contributed by atoms with Crippen LogP contribution < -0.4 is 0 Å². The maximum atomic E-state index is 8.66. The molecule has 74 valence electrons. The summed E-state index contributed by atoms with van der Waals surface area (Å²) in [5.74, 6) is 0.402. The van der Waals surface area contributed by atoms with Crippen LogP contribution in [-0.4, -0.2) is 28.3 Å². The van der Waals surface area contributed by atoms with Gasteiger partial charge in [-0.3, -0.25) is 10.1 Å². The van der Waals surface area contributed by atoms with Crippen molar-refractivity contribution in [2.24, 2.45) is 10.3 Å². The van der Waals surface area contributed by atoms with E-state index in [0.717, 1.165) is 13.1 Å². The molecule has 0 aromatic carbocycles. The minimum Gasteiger partial charge on any atom is -0.279 e. The first kappa shape index (κ1) is 10.2. The smallest absolute Gasteiger partial charge is 0.190 e. The Kier molecular flexibility index (Phi) is 3.61. The molecule has 0 atom stereocenters. The number of nitrogens with zero attached hydrogens (tertiary/aromatic N) is 5. The SMILES string of the molecule is CCN(CC)N=Nc1[nH]ncc1C#N. The van der Waals surface area contributed by atoms with Gasteiger partial charge in [-0.1, -0.05) is 5.22 Å². The third-order valence-electron chi connectivity index (χ3n) is 1.74. The Morgan fingerprint density at radius 1 is 1.57 bits per heavy atom. The Bertz CT molecular complexity index is 343. The van der Waals surface area contributed by atoms with Crippen molar-refractivity contribution in [3.05, 3.63) is 11.8 Å². The molecule has 0 amide bonds. The number of rotatable bonds is 4. The predicted molar refractivity (Wildman–Crippen MR) is 50.7 cm³/mol. The molecule has 0 unspecified atom stereocenters. The molecule has 0 saturated carbocycles. The molecule has 0 radical (unpaired) electrons. The summed E-state index contributed by atoms with van der Waals surface area (Å²) < 4.78 is 0. The van der Waals surface area contributed by atoms with E-state index in [1.807, 2.05) is 19.9 Å². The minimum absolute atomic E-state index is 0.402. The van der Waals surface area contributed by atoms with E-state index in [1.165, 1.54) is 6.20 Å². The van der Waals surface area contributed by atoms with Crippen LogP contribution in [-0.2, 0) is 0 Å². The second kappa shape index (κ2) is 4.97. The molecule has 1 aromatic heterocycles. The number of nitriles is 1. The highest BCUT2D eigenvalue weighted by molar-refractivity contribution is 5.44. The van der Waals surface area contributed by atoms with Crippen molar-refractivity contribution in [3.8, 4) is 6.07 Å². The zero-order valence-corrected chi connectivity index (χ0v) is 8.23. The Balaban J connectivity index is 2.73. The summed E-state index contributed by atoms with van der Waals surface area (Å²) in [6.45, 7) is 5.55. The second-order valence-corrected chi connectivity index (χ2v) is 2.57. The lowest BCUT2D eigenvalue weighted by Crippen LogP contribution is -2.14. The van der Waals surface area contributed by atoms with Crippen LogP contribution in [0.2, 0.25) is 0 Å². The molecule has 1 aromatic rings. The van der Waals surface area contributed by atoms with Gasteiger partial charge in [0.05, 0.1) is 6.20 Å². The lowest BCUT2D eigenvalue weighted by atomic mass is 10.4. The standard InChI is InChI=1S/C8H12N6/c1-3-14(4-2)13-12-8-7(5-9)6-10-11-8/h6H,3-4H2,1-2H3,(H,10,11). The van der Waals surface area contributed by atoms with Gasteiger partial charge in [-0.05, 0) is 13.8 Å². The molecule has 0 aliphatic rings. The predicted octanol–water partition coefficient (Wildman–Crippen LogP) is 1.62. The van der Waals surface area contributed by atoms with Gasteiger partial charge in [0, 0.05) is 13.1 Å². The van der Waals surface area contributed by atoms with Crippen LogP contribution in [0.3, 0.4) is 0 Å². The molecule has 6 nitrogen and oxygen atoms in total. The largest absolute Gasteiger partial charge is 0.279 e. The molecule has 14 heavy (non-hydrogen) atoms. The summed E-state index contributed by atoms with van der Waals surface area (Å²) in [5, 5.41) is 24.6. The Labute approximate surface area is 82.2 Å². The highest BCUT2D eigenvalue weighted by Gasteiger charge is 2.02. The number of hydrogen-bond donors (Lipinski definition) is 1. The summed E-state index contributed by atoms with van der Waals surface area (Å²) in [4.78, 5) is 0. The first-order valence-corrected chi connectivity index (χ1v) is 4.41. The Hall–Kier alpha value is -1.90. The van der Waals surface area contributed by atoms with Gasteiger partial charge < -0.3 is 0 Å². The maximum absolute atomic E-state index is 8.66. The van der Waals surface area contributed by atoms with Crippen LogP contribution in [0.1, 0.15) is 19.4 Å². The van der Waals surface area contributed by atoms with E-state index in [9.17, 15) is 0 Å². The molecule has 0 spiro atoms. The number of nitrogens with one attached hydrogen (secondary N) is 1. The van der Waals surface area contributed by atoms with Crippen LogP contribution in [0.25, 0.3) is 0 Å². The lowest BCUT2D eigenvalue weighted by Gasteiger charge is -2.10. The first-order valence-electron chi connectivity index (χ1n) is 4.41. The van der Waals surface area contributed by atoms with Crippen molar-refractivity contribution in [1.82, 2.24) is 15.2 Å². The van der Waals surface area contributed by atoms with Crippen LogP contribution in [0, 0.1) is 11.3 Å². The average Bonchev–Trinajstić information content (AvgIpc) is 2.67. The molecule has 1 heterocycles. The van der Waals surface area contributed by atoms with Crippen LogP contribution in [0.15, 0.2) is 16.5 Å². The molecular weight excluding hydrogens is 180 g/mol. The lowest BCUT2D eigenvalue weighted by molar-refractivity contribution is 0.300. The van der Waals surface area contributed by atoms with Crippen molar-refractivity contribution < 1.29 is 0 Å². The Morgan fingerprint density at radius 3 is 2.86 bits per heavy atom. The van der Waals surface area contributed by atoms with E-state index in [-0.39, 0.29) is 0 Å². The van der Waals surface area contributed by atoms with Gasteiger partial charge >= 0.3 is 0 Å². The van der Waals surface area contributed by atoms with E-state index in [2.05, 4.69) is 20.5 Å². The van der Waals surface area contributed by atoms with Gasteiger partial charge in [-0.2, -0.15) is 10.4 Å². The van der Waals surface area contributed by atoms with E-state index in [4.69, 9.17) is 5.26 Å². The fourth-order valence-electron chi connectivity index (χ4n) is 0.895. The van der Waals surface area contributed by atoms with Gasteiger partial charge in [0.25, 0.3) is 0 Å². The zero-order valence-electron chi connectivity index (χ0n) is 8.23. The van der Waals surface area contributed by atoms with E-state index >= 15 is 0 Å². The summed E-state index contributed by atoms with van der Waals surface area (Å²) in [6, 6.07) is 1.97. The summed E-state index contributed by atoms with van der Waals surface area (Å²) in [7, 11) is 0. The quantitative estimate of drug-likeness (QED) is 0.581. The van der Waals surface area contributed by atoms with Crippen molar-refractivity contribution in [2.45, 2.75) is 13.8 Å². The van der Waals surface area contributed by atoms with E-state index in [1.54, 1.807) is 5.01 Å². The third-order valence-corrected chi connectivity index (χ3v) is 1.74. The van der Waals surface area contributed by atoms with Gasteiger partial charge in [0.1, 0.15) is 11.6 Å². The fourth-order valence-corrected chi connectivity index (χ4v) is 0.895. The number of hydrogen-bond acceptors (Lipinski definition) is 4. The minimum atomic E-state index is 0.402. The molecule has 0 bridgehead atoms. The zero-order chi connectivity index (χ0) is 10.4. The molecule has 0 saturated heterocycles.